The topological polar surface area (TPSA) is 58.4 Å². The number of nitriles is 1. The molecule has 4 rings (SSSR count). The lowest BCUT2D eigenvalue weighted by atomic mass is 10.2. The van der Waals surface area contributed by atoms with Gasteiger partial charge in [0, 0.05) is 18.0 Å². The van der Waals surface area contributed by atoms with Crippen molar-refractivity contribution in [1.29, 1.82) is 5.26 Å². The van der Waals surface area contributed by atoms with Gasteiger partial charge in [0.25, 0.3) is 0 Å². The zero-order valence-corrected chi connectivity index (χ0v) is 12.3. The van der Waals surface area contributed by atoms with Crippen LogP contribution in [0.25, 0.3) is 22.6 Å². The van der Waals surface area contributed by atoms with Gasteiger partial charge in [0.1, 0.15) is 23.1 Å². The molecule has 0 amide bonds. The number of hydrogen-bond acceptors (Lipinski definition) is 3. The molecule has 0 fully saturated rings. The predicted octanol–water partition coefficient (Wildman–Crippen LogP) is 3.28. The van der Waals surface area contributed by atoms with E-state index < -0.39 is 0 Å². The van der Waals surface area contributed by atoms with Gasteiger partial charge in [0.15, 0.2) is 0 Å². The lowest BCUT2D eigenvalue weighted by molar-refractivity contribution is 1.11. The molecule has 0 aromatic carbocycles. The van der Waals surface area contributed by atoms with Gasteiger partial charge in [-0.3, -0.25) is 8.80 Å². The third-order valence-electron chi connectivity index (χ3n) is 3.42. The third kappa shape index (κ3) is 1.68. The highest BCUT2D eigenvalue weighted by Gasteiger charge is 2.14. The first-order valence-corrected chi connectivity index (χ1v) is 7.07. The summed E-state index contributed by atoms with van der Waals surface area (Å²) in [4.78, 5) is 8.63. The Bertz CT molecular complexity index is 1020. The Balaban J connectivity index is 2.09. The van der Waals surface area contributed by atoms with Gasteiger partial charge in [-0.1, -0.05) is 6.07 Å². The molecule has 21 heavy (non-hydrogen) atoms. The van der Waals surface area contributed by atoms with E-state index in [1.807, 2.05) is 39.3 Å². The molecule has 0 bridgehead atoms. The normalized spacial score (nSPS) is 11.0. The molecule has 0 spiro atoms. The molecule has 4 aromatic heterocycles. The van der Waals surface area contributed by atoms with Gasteiger partial charge >= 0.3 is 0 Å². The van der Waals surface area contributed by atoms with Crippen LogP contribution < -0.4 is 0 Å². The van der Waals surface area contributed by atoms with Crippen molar-refractivity contribution in [3.05, 3.63) is 59.2 Å². The van der Waals surface area contributed by atoms with Crippen molar-refractivity contribution in [1.82, 2.24) is 18.8 Å². The third-order valence-corrected chi connectivity index (χ3v) is 4.23. The summed E-state index contributed by atoms with van der Waals surface area (Å²) in [6.45, 7) is 0. The number of fused-ring (bicyclic) bond motifs is 2. The van der Waals surface area contributed by atoms with Crippen molar-refractivity contribution in [3.8, 4) is 17.3 Å². The van der Waals surface area contributed by atoms with Crippen LogP contribution in [0.4, 0.5) is 0 Å². The summed E-state index contributed by atoms with van der Waals surface area (Å²) in [5, 5.41) is 9.31. The molecule has 4 heterocycles. The van der Waals surface area contributed by atoms with Crippen LogP contribution >= 0.6 is 15.9 Å². The SMILES string of the molecule is N#Cc1cccc2ncc(-c3ccc4nccn4c3Br)n12. The van der Waals surface area contributed by atoms with Crippen molar-refractivity contribution < 1.29 is 0 Å². The first-order valence-electron chi connectivity index (χ1n) is 6.28. The van der Waals surface area contributed by atoms with E-state index in [2.05, 4.69) is 32.0 Å². The second-order valence-corrected chi connectivity index (χ2v) is 5.30. The van der Waals surface area contributed by atoms with E-state index in [1.165, 1.54) is 0 Å². The molecule has 0 N–H and O–H groups in total. The number of rotatable bonds is 1. The molecule has 0 aliphatic heterocycles. The quantitative estimate of drug-likeness (QED) is 0.501. The van der Waals surface area contributed by atoms with Crippen LogP contribution in [0.2, 0.25) is 0 Å². The van der Waals surface area contributed by atoms with Crippen molar-refractivity contribution >= 4 is 27.2 Å². The summed E-state index contributed by atoms with van der Waals surface area (Å²) in [6, 6.07) is 11.6. The molecular formula is C15H8BrN5. The highest BCUT2D eigenvalue weighted by Crippen LogP contribution is 2.30. The predicted molar refractivity (Wildman–Crippen MR) is 81.8 cm³/mol. The highest BCUT2D eigenvalue weighted by molar-refractivity contribution is 9.10. The van der Waals surface area contributed by atoms with Crippen molar-refractivity contribution in [2.24, 2.45) is 0 Å². The highest BCUT2D eigenvalue weighted by atomic mass is 79.9. The molecule has 0 saturated heterocycles. The maximum atomic E-state index is 9.31. The number of aromatic nitrogens is 4. The molecule has 0 saturated carbocycles. The zero-order valence-electron chi connectivity index (χ0n) is 10.7. The largest absolute Gasteiger partial charge is 0.293 e. The van der Waals surface area contributed by atoms with Crippen LogP contribution in [0.5, 0.6) is 0 Å². The van der Waals surface area contributed by atoms with E-state index in [1.54, 1.807) is 18.5 Å². The fourth-order valence-corrected chi connectivity index (χ4v) is 3.10. The maximum absolute atomic E-state index is 9.31. The van der Waals surface area contributed by atoms with Gasteiger partial charge in [0.2, 0.25) is 0 Å². The Kier molecular flexibility index (Phi) is 2.56. The summed E-state index contributed by atoms with van der Waals surface area (Å²) >= 11 is 3.61. The molecule has 6 heteroatoms. The number of imidazole rings is 2. The van der Waals surface area contributed by atoms with Crippen LogP contribution in [0.3, 0.4) is 0 Å². The Labute approximate surface area is 128 Å². The van der Waals surface area contributed by atoms with E-state index in [9.17, 15) is 5.26 Å². The zero-order chi connectivity index (χ0) is 14.4. The van der Waals surface area contributed by atoms with Gasteiger partial charge < -0.3 is 0 Å². The van der Waals surface area contributed by atoms with Crippen LogP contribution in [-0.2, 0) is 0 Å². The maximum Gasteiger partial charge on any atom is 0.138 e. The summed E-state index contributed by atoms with van der Waals surface area (Å²) in [6.07, 6.45) is 5.41. The fourth-order valence-electron chi connectivity index (χ4n) is 2.47. The van der Waals surface area contributed by atoms with Gasteiger partial charge in [-0.25, -0.2) is 9.97 Å². The van der Waals surface area contributed by atoms with Gasteiger partial charge in [-0.05, 0) is 40.2 Å². The standard InChI is InChI=1S/C15H8BrN5/c16-15-11(4-5-13-18-6-7-20(13)15)12-9-19-14-3-1-2-10(8-17)21(12)14/h1-7,9H. The smallest absolute Gasteiger partial charge is 0.138 e. The van der Waals surface area contributed by atoms with Gasteiger partial charge in [-0.15, -0.1) is 0 Å². The Morgan fingerprint density at radius 2 is 2.00 bits per heavy atom. The monoisotopic (exact) mass is 337 g/mol. The van der Waals surface area contributed by atoms with Crippen molar-refractivity contribution in [3.63, 3.8) is 0 Å². The summed E-state index contributed by atoms with van der Waals surface area (Å²) in [7, 11) is 0. The molecule has 0 radical (unpaired) electrons. The lowest BCUT2D eigenvalue weighted by Gasteiger charge is -2.08. The number of halogens is 1. The number of nitrogens with zero attached hydrogens (tertiary/aromatic N) is 5. The van der Waals surface area contributed by atoms with Gasteiger partial charge in [-0.2, -0.15) is 5.26 Å². The van der Waals surface area contributed by atoms with Gasteiger partial charge in [0.05, 0.1) is 16.5 Å². The molecule has 0 aliphatic rings. The van der Waals surface area contributed by atoms with Crippen molar-refractivity contribution in [2.45, 2.75) is 0 Å². The number of hydrogen-bond donors (Lipinski definition) is 0. The molecule has 0 aliphatic carbocycles. The van der Waals surface area contributed by atoms with E-state index in [-0.39, 0.29) is 0 Å². The minimum Gasteiger partial charge on any atom is -0.293 e. The van der Waals surface area contributed by atoms with Crippen LogP contribution in [0.15, 0.2) is 53.5 Å². The summed E-state index contributed by atoms with van der Waals surface area (Å²) in [5.41, 5.74) is 3.99. The Morgan fingerprint density at radius 1 is 1.10 bits per heavy atom. The first-order chi connectivity index (χ1) is 10.3. The van der Waals surface area contributed by atoms with Crippen LogP contribution in [0.1, 0.15) is 5.69 Å². The van der Waals surface area contributed by atoms with E-state index in [0.717, 1.165) is 27.2 Å². The fraction of sp³-hybridized carbons (Fsp3) is 0. The van der Waals surface area contributed by atoms with E-state index in [4.69, 9.17) is 0 Å². The molecule has 0 atom stereocenters. The van der Waals surface area contributed by atoms with Crippen LogP contribution in [0, 0.1) is 11.3 Å². The molecule has 100 valence electrons. The Morgan fingerprint density at radius 3 is 2.86 bits per heavy atom. The molecule has 0 unspecified atom stereocenters. The first kappa shape index (κ1) is 12.1. The average molecular weight is 338 g/mol. The molecular weight excluding hydrogens is 330 g/mol. The molecule has 4 aromatic rings. The summed E-state index contributed by atoms with van der Waals surface area (Å²) in [5.74, 6) is 0. The number of pyridine rings is 2. The second-order valence-electron chi connectivity index (χ2n) is 4.55. The molecule has 5 nitrogen and oxygen atoms in total. The van der Waals surface area contributed by atoms with Crippen LogP contribution in [-0.4, -0.2) is 18.8 Å². The van der Waals surface area contributed by atoms with E-state index in [0.29, 0.717) is 5.69 Å². The minimum atomic E-state index is 0.553. The minimum absolute atomic E-state index is 0.553. The Hall–Kier alpha value is -2.65. The summed E-state index contributed by atoms with van der Waals surface area (Å²) < 4.78 is 4.68. The van der Waals surface area contributed by atoms with E-state index >= 15 is 0 Å². The van der Waals surface area contributed by atoms with Crippen molar-refractivity contribution in [2.75, 3.05) is 0 Å². The lowest BCUT2D eigenvalue weighted by Crippen LogP contribution is -1.96. The average Bonchev–Trinajstić information content (AvgIpc) is 3.14. The second kappa shape index (κ2) is 4.43.